The largest absolute Gasteiger partial charge is 0.492 e. The summed E-state index contributed by atoms with van der Waals surface area (Å²) in [6.07, 6.45) is 3.15. The van der Waals surface area contributed by atoms with E-state index < -0.39 is 6.09 Å². The topological polar surface area (TPSA) is 60.0 Å². The average Bonchev–Trinajstić information content (AvgIpc) is 3.62. The highest BCUT2D eigenvalue weighted by atomic mass is 32.2. The zero-order valence-electron chi connectivity index (χ0n) is 25.1. The Kier molecular flexibility index (Phi) is 10.3. The zero-order valence-corrected chi connectivity index (χ0v) is 26.0. The first-order valence-electron chi connectivity index (χ1n) is 15.2. The number of alkyl carbamates (subject to hydrolysis) is 1. The minimum atomic E-state index is -0.403. The molecule has 0 spiro atoms. The number of carbonyl (C=O) groups is 1. The summed E-state index contributed by atoms with van der Waals surface area (Å²) < 4.78 is 17.1. The van der Waals surface area contributed by atoms with E-state index in [2.05, 4.69) is 77.8 Å². The molecule has 1 fully saturated rings. The van der Waals surface area contributed by atoms with Gasteiger partial charge in [-0.2, -0.15) is 0 Å². The van der Waals surface area contributed by atoms with Gasteiger partial charge in [-0.3, -0.25) is 4.90 Å². The van der Waals surface area contributed by atoms with E-state index in [1.54, 1.807) is 0 Å². The van der Waals surface area contributed by atoms with Crippen LogP contribution in [0.15, 0.2) is 77.7 Å². The SMILES string of the molecule is CC(C)COC(=O)NCCOc1ccc(C2Sc3ccccc3C2(C)Cc2ccc(OCCN3CCCC3)cc2)cc1. The molecular weight excluding hydrogens is 544 g/mol. The third-order valence-corrected chi connectivity index (χ3v) is 9.70. The summed E-state index contributed by atoms with van der Waals surface area (Å²) in [5.74, 6) is 2.05. The molecule has 2 heterocycles. The molecule has 0 aliphatic carbocycles. The molecule has 2 unspecified atom stereocenters. The molecule has 1 saturated heterocycles. The molecule has 42 heavy (non-hydrogen) atoms. The maximum atomic E-state index is 11.7. The van der Waals surface area contributed by atoms with Crippen molar-refractivity contribution in [2.24, 2.45) is 5.92 Å². The summed E-state index contributed by atoms with van der Waals surface area (Å²) in [5, 5.41) is 3.01. The summed E-state index contributed by atoms with van der Waals surface area (Å²) in [7, 11) is 0. The van der Waals surface area contributed by atoms with Crippen molar-refractivity contribution in [2.75, 3.05) is 46.0 Å². The Bertz CT molecular complexity index is 1290. The van der Waals surface area contributed by atoms with Crippen molar-refractivity contribution in [1.29, 1.82) is 0 Å². The van der Waals surface area contributed by atoms with Gasteiger partial charge in [-0.15, -0.1) is 11.8 Å². The van der Waals surface area contributed by atoms with Gasteiger partial charge in [-0.05, 0) is 85.3 Å². The van der Waals surface area contributed by atoms with E-state index in [0.717, 1.165) is 31.1 Å². The number of thioether (sulfide) groups is 1. The van der Waals surface area contributed by atoms with Gasteiger partial charge < -0.3 is 19.5 Å². The van der Waals surface area contributed by atoms with E-state index >= 15 is 0 Å². The molecule has 3 aromatic rings. The number of benzene rings is 3. The van der Waals surface area contributed by atoms with Crippen LogP contribution in [0.3, 0.4) is 0 Å². The van der Waals surface area contributed by atoms with Crippen LogP contribution in [0.25, 0.3) is 0 Å². The highest BCUT2D eigenvalue weighted by molar-refractivity contribution is 8.00. The second-order valence-corrected chi connectivity index (χ2v) is 13.1. The summed E-state index contributed by atoms with van der Waals surface area (Å²) in [4.78, 5) is 15.6. The molecule has 1 N–H and O–H groups in total. The molecule has 3 aromatic carbocycles. The molecule has 0 bridgehead atoms. The Morgan fingerprint density at radius 3 is 2.33 bits per heavy atom. The summed E-state index contributed by atoms with van der Waals surface area (Å²) in [5.41, 5.74) is 3.93. The first-order valence-corrected chi connectivity index (χ1v) is 16.1. The number of amides is 1. The van der Waals surface area contributed by atoms with Crippen LogP contribution in [0.1, 0.15) is 55.6 Å². The zero-order chi connectivity index (χ0) is 29.4. The van der Waals surface area contributed by atoms with Crippen LogP contribution in [0.4, 0.5) is 4.79 Å². The van der Waals surface area contributed by atoms with Gasteiger partial charge in [0, 0.05) is 22.1 Å². The fraction of sp³-hybridized carbons (Fsp3) is 0.457. The van der Waals surface area contributed by atoms with E-state index in [0.29, 0.717) is 25.7 Å². The van der Waals surface area contributed by atoms with Crippen LogP contribution in [-0.4, -0.2) is 57.0 Å². The maximum absolute atomic E-state index is 11.7. The highest BCUT2D eigenvalue weighted by Gasteiger charge is 2.44. The standard InChI is InChI=1S/C35H44N2O4S/c1-26(2)25-41-34(38)36-18-22-39-30-16-12-28(13-17-30)33-35(3,31-8-4-5-9-32(31)42-33)24-27-10-14-29(15-11-27)40-23-21-37-19-6-7-20-37/h4-5,8-17,26,33H,6-7,18-25H2,1-3H3,(H,36,38). The fourth-order valence-electron chi connectivity index (χ4n) is 5.84. The highest BCUT2D eigenvalue weighted by Crippen LogP contribution is 2.59. The van der Waals surface area contributed by atoms with E-state index in [4.69, 9.17) is 14.2 Å². The van der Waals surface area contributed by atoms with Crippen molar-refractivity contribution in [3.8, 4) is 11.5 Å². The van der Waals surface area contributed by atoms with Crippen LogP contribution in [0.5, 0.6) is 11.5 Å². The van der Waals surface area contributed by atoms with E-state index in [1.165, 1.54) is 47.5 Å². The van der Waals surface area contributed by atoms with Gasteiger partial charge in [0.1, 0.15) is 24.7 Å². The Morgan fingerprint density at radius 2 is 1.62 bits per heavy atom. The molecule has 5 rings (SSSR count). The first-order chi connectivity index (χ1) is 20.4. The maximum Gasteiger partial charge on any atom is 0.407 e. The predicted molar refractivity (Wildman–Crippen MR) is 170 cm³/mol. The summed E-state index contributed by atoms with van der Waals surface area (Å²) in [6.45, 7) is 11.7. The minimum Gasteiger partial charge on any atom is -0.492 e. The van der Waals surface area contributed by atoms with Gasteiger partial charge in [0.15, 0.2) is 0 Å². The van der Waals surface area contributed by atoms with Crippen LogP contribution in [0.2, 0.25) is 0 Å². The van der Waals surface area contributed by atoms with Crippen molar-refractivity contribution in [1.82, 2.24) is 10.2 Å². The van der Waals surface area contributed by atoms with Crippen molar-refractivity contribution >= 4 is 17.9 Å². The molecular formula is C35H44N2O4S. The molecule has 2 aliphatic heterocycles. The van der Waals surface area contributed by atoms with Gasteiger partial charge in [-0.25, -0.2) is 4.79 Å². The smallest absolute Gasteiger partial charge is 0.407 e. The normalized spacial score (nSPS) is 20.0. The van der Waals surface area contributed by atoms with Crippen LogP contribution in [-0.2, 0) is 16.6 Å². The Balaban J connectivity index is 1.19. The molecule has 0 radical (unpaired) electrons. The van der Waals surface area contributed by atoms with Gasteiger partial charge >= 0.3 is 6.09 Å². The second kappa shape index (κ2) is 14.3. The Hall–Kier alpha value is -3.16. The van der Waals surface area contributed by atoms with Crippen molar-refractivity contribution in [3.63, 3.8) is 0 Å². The molecule has 0 saturated carbocycles. The number of rotatable bonds is 13. The molecule has 2 aliphatic rings. The lowest BCUT2D eigenvalue weighted by Crippen LogP contribution is -2.29. The number of ether oxygens (including phenoxy) is 3. The van der Waals surface area contributed by atoms with Crippen molar-refractivity contribution < 1.29 is 19.0 Å². The lowest BCUT2D eigenvalue weighted by atomic mass is 9.73. The van der Waals surface area contributed by atoms with Crippen LogP contribution < -0.4 is 14.8 Å². The first kappa shape index (κ1) is 30.3. The van der Waals surface area contributed by atoms with Gasteiger partial charge in [0.25, 0.3) is 0 Å². The van der Waals surface area contributed by atoms with Crippen LogP contribution in [0, 0.1) is 5.92 Å². The van der Waals surface area contributed by atoms with E-state index in [9.17, 15) is 4.79 Å². The fourth-order valence-corrected chi connectivity index (χ4v) is 7.45. The Labute approximate surface area is 255 Å². The van der Waals surface area contributed by atoms with E-state index in [1.807, 2.05) is 37.7 Å². The summed E-state index contributed by atoms with van der Waals surface area (Å²) in [6, 6.07) is 25.9. The lowest BCUT2D eigenvalue weighted by Gasteiger charge is -2.33. The molecule has 6 nitrogen and oxygen atoms in total. The molecule has 2 atom stereocenters. The quantitative estimate of drug-likeness (QED) is 0.212. The molecule has 1 amide bonds. The van der Waals surface area contributed by atoms with Gasteiger partial charge in [-0.1, -0.05) is 63.2 Å². The number of fused-ring (bicyclic) bond motifs is 1. The molecule has 0 aromatic heterocycles. The number of likely N-dealkylation sites (tertiary alicyclic amines) is 1. The third kappa shape index (κ3) is 7.81. The lowest BCUT2D eigenvalue weighted by molar-refractivity contribution is 0.131. The van der Waals surface area contributed by atoms with E-state index in [-0.39, 0.29) is 10.7 Å². The number of hydrogen-bond donors (Lipinski definition) is 1. The number of nitrogens with one attached hydrogen (secondary N) is 1. The molecule has 224 valence electrons. The summed E-state index contributed by atoms with van der Waals surface area (Å²) >= 11 is 1.95. The minimum absolute atomic E-state index is 0.0674. The average molecular weight is 589 g/mol. The third-order valence-electron chi connectivity index (χ3n) is 8.07. The monoisotopic (exact) mass is 588 g/mol. The van der Waals surface area contributed by atoms with Crippen LogP contribution >= 0.6 is 11.8 Å². The number of carbonyl (C=O) groups excluding carboxylic acids is 1. The number of nitrogens with zero attached hydrogens (tertiary/aromatic N) is 1. The van der Waals surface area contributed by atoms with Gasteiger partial charge in [0.05, 0.1) is 13.2 Å². The molecule has 7 heteroatoms. The van der Waals surface area contributed by atoms with Crippen molar-refractivity contribution in [2.45, 2.75) is 55.6 Å². The number of hydrogen-bond acceptors (Lipinski definition) is 6. The van der Waals surface area contributed by atoms with Crippen molar-refractivity contribution in [3.05, 3.63) is 89.5 Å². The Morgan fingerprint density at radius 1 is 0.952 bits per heavy atom. The van der Waals surface area contributed by atoms with Gasteiger partial charge in [0.2, 0.25) is 0 Å². The second-order valence-electron chi connectivity index (χ2n) is 12.0. The predicted octanol–water partition coefficient (Wildman–Crippen LogP) is 7.27.